The first kappa shape index (κ1) is 13.4. The number of hydrogen-bond donors (Lipinski definition) is 1. The quantitative estimate of drug-likeness (QED) is 0.832. The summed E-state index contributed by atoms with van der Waals surface area (Å²) in [5, 5.41) is 9.99. The van der Waals surface area contributed by atoms with Crippen molar-refractivity contribution in [3.63, 3.8) is 0 Å². The van der Waals surface area contributed by atoms with E-state index in [0.717, 1.165) is 25.7 Å². The molecular formula is C16H26O3. The van der Waals surface area contributed by atoms with Gasteiger partial charge in [-0.2, -0.15) is 0 Å². The average Bonchev–Trinajstić information content (AvgIpc) is 2.88. The van der Waals surface area contributed by atoms with Crippen LogP contribution >= 0.6 is 0 Å². The molecule has 0 amide bonds. The zero-order chi connectivity index (χ0) is 14.1. The van der Waals surface area contributed by atoms with E-state index in [4.69, 9.17) is 4.74 Å². The minimum absolute atomic E-state index is 0.141. The van der Waals surface area contributed by atoms with E-state index in [1.165, 1.54) is 6.42 Å². The van der Waals surface area contributed by atoms with Crippen LogP contribution in [0.15, 0.2) is 0 Å². The van der Waals surface area contributed by atoms with Crippen LogP contribution in [-0.4, -0.2) is 22.3 Å². The van der Waals surface area contributed by atoms with Crippen molar-refractivity contribution in [2.45, 2.75) is 71.0 Å². The van der Waals surface area contributed by atoms with E-state index >= 15 is 0 Å². The van der Waals surface area contributed by atoms with Crippen molar-refractivity contribution in [3.05, 3.63) is 0 Å². The first-order valence-electron chi connectivity index (χ1n) is 7.61. The lowest BCUT2D eigenvalue weighted by molar-refractivity contribution is -0.164. The second-order valence-corrected chi connectivity index (χ2v) is 8.15. The molecule has 4 unspecified atom stereocenters. The largest absolute Gasteiger partial charge is 0.481 e. The summed E-state index contributed by atoms with van der Waals surface area (Å²) in [5.41, 5.74) is -1.05. The van der Waals surface area contributed by atoms with E-state index < -0.39 is 11.4 Å². The third-order valence-corrected chi connectivity index (χ3v) is 5.99. The fraction of sp³-hybridized carbons (Fsp3) is 0.938. The summed E-state index contributed by atoms with van der Waals surface area (Å²) in [4.78, 5) is 12.1. The second kappa shape index (κ2) is 3.75. The predicted octanol–water partition coefficient (Wildman–Crippen LogP) is 3.47. The Morgan fingerprint density at radius 3 is 2.21 bits per heavy atom. The zero-order valence-corrected chi connectivity index (χ0v) is 12.5. The van der Waals surface area contributed by atoms with E-state index in [2.05, 4.69) is 27.7 Å². The summed E-state index contributed by atoms with van der Waals surface area (Å²) in [6, 6.07) is 0. The highest BCUT2D eigenvalue weighted by Gasteiger charge is 2.66. The first-order chi connectivity index (χ1) is 8.67. The molecule has 3 fully saturated rings. The van der Waals surface area contributed by atoms with Gasteiger partial charge in [-0.05, 0) is 65.2 Å². The Morgan fingerprint density at radius 2 is 1.84 bits per heavy atom. The maximum atomic E-state index is 12.1. The van der Waals surface area contributed by atoms with Crippen LogP contribution in [0.5, 0.6) is 0 Å². The molecule has 0 aromatic rings. The number of aliphatic carboxylic acids is 1. The van der Waals surface area contributed by atoms with E-state index in [0.29, 0.717) is 11.8 Å². The molecule has 0 radical (unpaired) electrons. The third-order valence-electron chi connectivity index (χ3n) is 5.99. The van der Waals surface area contributed by atoms with Gasteiger partial charge in [0.25, 0.3) is 0 Å². The highest BCUT2D eigenvalue weighted by Crippen LogP contribution is 2.65. The normalized spacial score (nSPS) is 46.6. The minimum Gasteiger partial charge on any atom is -0.481 e. The lowest BCUT2D eigenvalue weighted by Gasteiger charge is -2.43. The molecule has 3 aliphatic rings. The second-order valence-electron chi connectivity index (χ2n) is 8.15. The number of fused-ring (bicyclic) bond motifs is 2. The molecule has 108 valence electrons. The Labute approximate surface area is 115 Å². The predicted molar refractivity (Wildman–Crippen MR) is 72.9 cm³/mol. The van der Waals surface area contributed by atoms with Gasteiger partial charge >= 0.3 is 5.97 Å². The van der Waals surface area contributed by atoms with Gasteiger partial charge in [0.15, 0.2) is 0 Å². The molecule has 1 aliphatic heterocycles. The van der Waals surface area contributed by atoms with Gasteiger partial charge in [-0.3, -0.25) is 4.79 Å². The van der Waals surface area contributed by atoms with E-state index in [1.807, 2.05) is 0 Å². The number of carbonyl (C=O) groups is 1. The van der Waals surface area contributed by atoms with Crippen molar-refractivity contribution in [2.75, 3.05) is 0 Å². The maximum absolute atomic E-state index is 12.1. The van der Waals surface area contributed by atoms with Gasteiger partial charge in [-0.1, -0.05) is 6.42 Å². The van der Waals surface area contributed by atoms with Gasteiger partial charge in [-0.25, -0.2) is 0 Å². The van der Waals surface area contributed by atoms with Gasteiger partial charge in [0.1, 0.15) is 0 Å². The molecule has 3 heteroatoms. The highest BCUT2D eigenvalue weighted by atomic mass is 16.5. The number of rotatable bonds is 2. The average molecular weight is 266 g/mol. The molecule has 0 aromatic heterocycles. The lowest BCUT2D eigenvalue weighted by Crippen LogP contribution is -2.49. The summed E-state index contributed by atoms with van der Waals surface area (Å²) >= 11 is 0. The molecule has 0 aromatic carbocycles. The summed E-state index contributed by atoms with van der Waals surface area (Å²) in [6.07, 6.45) is 5.20. The summed E-state index contributed by atoms with van der Waals surface area (Å²) in [7, 11) is 0. The van der Waals surface area contributed by atoms with Gasteiger partial charge in [0.05, 0.1) is 16.6 Å². The number of carboxylic acids is 1. The maximum Gasteiger partial charge on any atom is 0.310 e. The Bertz CT molecular complexity index is 412. The Morgan fingerprint density at radius 1 is 1.16 bits per heavy atom. The molecule has 4 atom stereocenters. The minimum atomic E-state index is -0.570. The van der Waals surface area contributed by atoms with Gasteiger partial charge in [-0.15, -0.1) is 0 Å². The molecule has 3 rings (SSSR count). The number of hydrogen-bond acceptors (Lipinski definition) is 2. The van der Waals surface area contributed by atoms with Crippen LogP contribution in [0.3, 0.4) is 0 Å². The zero-order valence-electron chi connectivity index (χ0n) is 12.5. The summed E-state index contributed by atoms with van der Waals surface area (Å²) in [5.74, 6) is 0.583. The van der Waals surface area contributed by atoms with Crippen LogP contribution in [0.4, 0.5) is 0 Å². The smallest absolute Gasteiger partial charge is 0.310 e. The lowest BCUT2D eigenvalue weighted by atomic mass is 9.59. The molecule has 1 saturated heterocycles. The Balaban J connectivity index is 2.01. The van der Waals surface area contributed by atoms with Crippen LogP contribution in [-0.2, 0) is 9.53 Å². The SMILES string of the molecule is CC1(C)CC(C2(C(=O)O)CC3CCC2C3)C(C)(C)O1. The molecule has 3 nitrogen and oxygen atoms in total. The van der Waals surface area contributed by atoms with Crippen LogP contribution < -0.4 is 0 Å². The molecule has 1 N–H and O–H groups in total. The number of carboxylic acid groups (broad SMARTS) is 1. The molecule has 2 bridgehead atoms. The van der Waals surface area contributed by atoms with Crippen molar-refractivity contribution < 1.29 is 14.6 Å². The van der Waals surface area contributed by atoms with Gasteiger partial charge in [0.2, 0.25) is 0 Å². The van der Waals surface area contributed by atoms with Crippen molar-refractivity contribution in [1.82, 2.24) is 0 Å². The fourth-order valence-electron chi connectivity index (χ4n) is 5.57. The first-order valence-corrected chi connectivity index (χ1v) is 7.61. The summed E-state index contributed by atoms with van der Waals surface area (Å²) < 4.78 is 6.18. The van der Waals surface area contributed by atoms with Gasteiger partial charge in [0, 0.05) is 5.92 Å². The summed E-state index contributed by atoms with van der Waals surface area (Å²) in [6.45, 7) is 8.36. The Hall–Kier alpha value is -0.570. The fourth-order valence-corrected chi connectivity index (χ4v) is 5.57. The van der Waals surface area contributed by atoms with Crippen molar-refractivity contribution in [2.24, 2.45) is 23.2 Å². The molecular weight excluding hydrogens is 240 g/mol. The van der Waals surface area contributed by atoms with Crippen LogP contribution in [0.1, 0.15) is 59.8 Å². The molecule has 19 heavy (non-hydrogen) atoms. The molecule has 2 saturated carbocycles. The number of ether oxygens (including phenoxy) is 1. The third kappa shape index (κ3) is 1.77. The topological polar surface area (TPSA) is 46.5 Å². The van der Waals surface area contributed by atoms with Crippen LogP contribution in [0, 0.1) is 23.2 Å². The van der Waals surface area contributed by atoms with E-state index in [-0.39, 0.29) is 17.1 Å². The van der Waals surface area contributed by atoms with Crippen molar-refractivity contribution in [1.29, 1.82) is 0 Å². The molecule has 2 aliphatic carbocycles. The van der Waals surface area contributed by atoms with E-state index in [9.17, 15) is 9.90 Å². The van der Waals surface area contributed by atoms with Crippen molar-refractivity contribution >= 4 is 5.97 Å². The monoisotopic (exact) mass is 266 g/mol. The standard InChI is InChI=1S/C16H26O3/c1-14(2)9-12(15(3,4)19-14)16(13(17)18)8-10-5-6-11(16)7-10/h10-12H,5-9H2,1-4H3,(H,17,18). The van der Waals surface area contributed by atoms with Crippen LogP contribution in [0.25, 0.3) is 0 Å². The van der Waals surface area contributed by atoms with Crippen molar-refractivity contribution in [3.8, 4) is 0 Å². The Kier molecular flexibility index (Phi) is 2.65. The van der Waals surface area contributed by atoms with E-state index in [1.54, 1.807) is 0 Å². The highest BCUT2D eigenvalue weighted by molar-refractivity contribution is 5.76. The molecule has 1 heterocycles. The van der Waals surface area contributed by atoms with Crippen LogP contribution in [0.2, 0.25) is 0 Å². The molecule has 0 spiro atoms. The van der Waals surface area contributed by atoms with Gasteiger partial charge < -0.3 is 9.84 Å².